The average molecular weight is 452 g/mol. The zero-order valence-corrected chi connectivity index (χ0v) is 16.0. The van der Waals surface area contributed by atoms with E-state index in [9.17, 15) is 22.8 Å². The Kier molecular flexibility index (Phi) is 3.98. The van der Waals surface area contributed by atoms with Crippen LogP contribution in [-0.4, -0.2) is 27.5 Å². The second-order valence-electron chi connectivity index (χ2n) is 6.36. The fourth-order valence-electron chi connectivity index (χ4n) is 3.27. The fraction of sp³-hybridized carbons (Fsp3) is 0.100. The zero-order valence-electron chi connectivity index (χ0n) is 18.2. The van der Waals surface area contributed by atoms with E-state index in [0.717, 1.165) is 10.6 Å². The molecule has 31 heavy (non-hydrogen) atoms. The van der Waals surface area contributed by atoms with E-state index in [-0.39, 0.29) is 16.2 Å². The number of nitrogens with zero attached hydrogens (tertiary/aromatic N) is 3. The largest absolute Gasteiger partial charge is 0.465 e. The lowest BCUT2D eigenvalue weighted by atomic mass is 10.1. The Morgan fingerprint density at radius 1 is 1.19 bits per heavy atom. The maximum Gasteiger partial charge on any atom is 0.433 e. The van der Waals surface area contributed by atoms with E-state index in [1.165, 1.54) is 24.4 Å². The van der Waals surface area contributed by atoms with Gasteiger partial charge in [0.05, 0.1) is 22.5 Å². The quantitative estimate of drug-likeness (QED) is 0.365. The molecule has 0 saturated carbocycles. The van der Waals surface area contributed by atoms with Gasteiger partial charge in [0.25, 0.3) is 5.56 Å². The molecule has 11 heteroatoms. The van der Waals surface area contributed by atoms with Crippen molar-refractivity contribution in [1.29, 1.82) is 0 Å². The molecule has 1 aromatic carbocycles. The van der Waals surface area contributed by atoms with Crippen molar-refractivity contribution < 1.29 is 26.8 Å². The number of halogens is 4. The Bertz CT molecular complexity index is 1540. The van der Waals surface area contributed by atoms with E-state index in [1.807, 2.05) is 0 Å². The van der Waals surface area contributed by atoms with E-state index in [2.05, 4.69) is 14.7 Å². The number of benzene rings is 1. The molecule has 0 amide bonds. The van der Waals surface area contributed by atoms with Gasteiger partial charge in [-0.3, -0.25) is 9.36 Å². The van der Waals surface area contributed by atoms with Crippen molar-refractivity contribution in [1.82, 2.24) is 14.5 Å². The van der Waals surface area contributed by atoms with Crippen LogP contribution in [-0.2, 0) is 10.9 Å². The number of carbonyl (C=O) groups is 1. The first-order valence-electron chi connectivity index (χ1n) is 9.99. The Labute approximate surface area is 181 Å². The second-order valence-corrected chi connectivity index (χ2v) is 6.72. The highest BCUT2D eigenvalue weighted by molar-refractivity contribution is 6.34. The summed E-state index contributed by atoms with van der Waals surface area (Å²) in [6, 6.07) is 7.43. The van der Waals surface area contributed by atoms with E-state index < -0.39 is 47.3 Å². The SMILES string of the molecule is [2H]C([2H])([2H])OC(=O)c1c(N)c2ccc(C(F)(F)F)nc2n(-c2cccc3c(Cl)nccc23)c1=O. The third kappa shape index (κ3) is 3.25. The standard InChI is InChI=1S/C20H12ClF3N4O3/c1-31-19(30)14-15(25)11-5-6-13(20(22,23)24)27-17(11)28(18(14)29)12-4-2-3-10-9(12)7-8-26-16(10)21/h2-8H,25H2,1H3/i1D3. The number of esters is 1. The van der Waals surface area contributed by atoms with Crippen molar-refractivity contribution in [2.24, 2.45) is 0 Å². The summed E-state index contributed by atoms with van der Waals surface area (Å²) in [5, 5.41) is 0.502. The third-order valence-corrected chi connectivity index (χ3v) is 4.93. The highest BCUT2D eigenvalue weighted by atomic mass is 35.5. The Morgan fingerprint density at radius 3 is 2.68 bits per heavy atom. The van der Waals surface area contributed by atoms with E-state index >= 15 is 0 Å². The minimum Gasteiger partial charge on any atom is -0.465 e. The van der Waals surface area contributed by atoms with Gasteiger partial charge in [-0.05, 0) is 24.3 Å². The van der Waals surface area contributed by atoms with Crippen LogP contribution in [0, 0.1) is 0 Å². The molecule has 0 unspecified atom stereocenters. The van der Waals surface area contributed by atoms with Gasteiger partial charge in [0.2, 0.25) is 0 Å². The number of alkyl halides is 3. The van der Waals surface area contributed by atoms with Gasteiger partial charge in [-0.1, -0.05) is 23.7 Å². The number of methoxy groups -OCH3 is 1. The first-order chi connectivity index (χ1) is 15.8. The number of ether oxygens (including phenoxy) is 1. The van der Waals surface area contributed by atoms with E-state index in [4.69, 9.17) is 21.4 Å². The molecule has 0 aliphatic rings. The zero-order chi connectivity index (χ0) is 25.0. The molecule has 4 aromatic rings. The minimum absolute atomic E-state index is 0.00607. The van der Waals surface area contributed by atoms with Crippen LogP contribution in [0.15, 0.2) is 47.4 Å². The summed E-state index contributed by atoms with van der Waals surface area (Å²) >= 11 is 6.12. The number of hydrogen-bond donors (Lipinski definition) is 1. The highest BCUT2D eigenvalue weighted by Gasteiger charge is 2.34. The molecule has 0 atom stereocenters. The van der Waals surface area contributed by atoms with Crippen molar-refractivity contribution in [3.63, 3.8) is 0 Å². The molecule has 0 spiro atoms. The summed E-state index contributed by atoms with van der Waals surface area (Å²) in [6.07, 6.45) is -3.54. The molecular weight excluding hydrogens is 437 g/mol. The van der Waals surface area contributed by atoms with Crippen LogP contribution >= 0.6 is 11.6 Å². The first kappa shape index (κ1) is 17.1. The molecule has 0 radical (unpaired) electrons. The summed E-state index contributed by atoms with van der Waals surface area (Å²) in [7, 11) is -3.20. The number of pyridine rings is 3. The number of fused-ring (bicyclic) bond motifs is 2. The number of anilines is 1. The lowest BCUT2D eigenvalue weighted by Crippen LogP contribution is -2.29. The molecule has 3 aromatic heterocycles. The van der Waals surface area contributed by atoms with Crippen molar-refractivity contribution in [3.05, 3.63) is 69.4 Å². The fourth-order valence-corrected chi connectivity index (χ4v) is 3.49. The first-order valence-corrected chi connectivity index (χ1v) is 8.87. The smallest absolute Gasteiger partial charge is 0.433 e. The van der Waals surface area contributed by atoms with Crippen LogP contribution in [0.5, 0.6) is 0 Å². The molecule has 4 rings (SSSR count). The van der Waals surface area contributed by atoms with Crippen molar-refractivity contribution in [2.45, 2.75) is 6.18 Å². The monoisotopic (exact) mass is 451 g/mol. The summed E-state index contributed by atoms with van der Waals surface area (Å²) in [5.74, 6) is -1.57. The normalized spacial score (nSPS) is 13.6. The van der Waals surface area contributed by atoms with E-state index in [1.54, 1.807) is 6.07 Å². The molecule has 0 fully saturated rings. The van der Waals surface area contributed by atoms with Crippen LogP contribution in [0.4, 0.5) is 18.9 Å². The number of rotatable bonds is 2. The molecule has 3 heterocycles. The predicted octanol–water partition coefficient (Wildman–Crippen LogP) is 3.97. The Morgan fingerprint density at radius 2 is 1.97 bits per heavy atom. The Balaban J connectivity index is 2.18. The van der Waals surface area contributed by atoms with Crippen LogP contribution in [0.3, 0.4) is 0 Å². The molecule has 0 aliphatic carbocycles. The van der Waals surface area contributed by atoms with Gasteiger partial charge in [0.15, 0.2) is 0 Å². The van der Waals surface area contributed by atoms with Gasteiger partial charge < -0.3 is 10.5 Å². The lowest BCUT2D eigenvalue weighted by Gasteiger charge is -2.17. The van der Waals surface area contributed by atoms with Crippen LogP contribution in [0.1, 0.15) is 20.2 Å². The van der Waals surface area contributed by atoms with Gasteiger partial charge in [0, 0.05) is 22.4 Å². The molecular formula is C20H12ClF3N4O3. The molecule has 0 aliphatic heterocycles. The molecule has 7 nitrogen and oxygen atoms in total. The molecule has 0 bridgehead atoms. The van der Waals surface area contributed by atoms with Gasteiger partial charge in [-0.15, -0.1) is 0 Å². The second kappa shape index (κ2) is 7.24. The summed E-state index contributed by atoms with van der Waals surface area (Å²) in [6.45, 7) is 0. The molecule has 2 N–H and O–H groups in total. The van der Waals surface area contributed by atoms with Gasteiger partial charge >= 0.3 is 12.1 Å². The summed E-state index contributed by atoms with van der Waals surface area (Å²) in [4.78, 5) is 33.5. The van der Waals surface area contributed by atoms with Crippen molar-refractivity contribution >= 4 is 45.1 Å². The maximum absolute atomic E-state index is 13.4. The van der Waals surface area contributed by atoms with Crippen molar-refractivity contribution in [3.8, 4) is 5.69 Å². The van der Waals surface area contributed by atoms with Crippen LogP contribution in [0.25, 0.3) is 27.5 Å². The minimum atomic E-state index is -4.85. The predicted molar refractivity (Wildman–Crippen MR) is 108 cm³/mol. The highest BCUT2D eigenvalue weighted by Crippen LogP contribution is 2.33. The van der Waals surface area contributed by atoms with Gasteiger partial charge in [-0.25, -0.2) is 14.8 Å². The number of nitrogens with two attached hydrogens (primary N) is 1. The van der Waals surface area contributed by atoms with Gasteiger partial charge in [0.1, 0.15) is 22.1 Å². The van der Waals surface area contributed by atoms with Crippen LogP contribution in [0.2, 0.25) is 5.15 Å². The molecule has 158 valence electrons. The molecule has 0 saturated heterocycles. The number of hydrogen-bond acceptors (Lipinski definition) is 6. The Hall–Kier alpha value is -3.66. The van der Waals surface area contributed by atoms with E-state index in [0.29, 0.717) is 16.8 Å². The number of aromatic nitrogens is 3. The maximum atomic E-state index is 13.4. The summed E-state index contributed by atoms with van der Waals surface area (Å²) < 4.78 is 66.7. The van der Waals surface area contributed by atoms with Crippen molar-refractivity contribution in [2.75, 3.05) is 12.8 Å². The lowest BCUT2D eigenvalue weighted by molar-refractivity contribution is -0.141. The van der Waals surface area contributed by atoms with Gasteiger partial charge in [-0.2, -0.15) is 13.2 Å². The average Bonchev–Trinajstić information content (AvgIpc) is 2.72. The third-order valence-electron chi connectivity index (χ3n) is 4.63. The summed E-state index contributed by atoms with van der Waals surface area (Å²) in [5.41, 5.74) is 1.43. The number of carbonyl (C=O) groups excluding carboxylic acids is 1. The number of nitrogen functional groups attached to an aromatic ring is 1. The topological polar surface area (TPSA) is 100 Å². The van der Waals surface area contributed by atoms with Crippen LogP contribution < -0.4 is 11.3 Å².